The predicted molar refractivity (Wildman–Crippen MR) is 52.2 cm³/mol. The molecule has 2 aromatic heterocycles. The fourth-order valence-corrected chi connectivity index (χ4v) is 1.23. The largest absolute Gasteiger partial charge is 0.265 e. The van der Waals surface area contributed by atoms with Gasteiger partial charge in [0.1, 0.15) is 0 Å². The first-order valence-electron chi connectivity index (χ1n) is 4.20. The third-order valence-corrected chi connectivity index (χ3v) is 1.86. The highest BCUT2D eigenvalue weighted by Gasteiger charge is 1.96. The van der Waals surface area contributed by atoms with Crippen LogP contribution in [0.15, 0.2) is 42.7 Å². The van der Waals surface area contributed by atoms with E-state index in [1.165, 1.54) is 0 Å². The van der Waals surface area contributed by atoms with Crippen molar-refractivity contribution in [3.8, 4) is 11.3 Å². The quantitative estimate of drug-likeness (QED) is 0.657. The molecule has 0 amide bonds. The minimum Gasteiger partial charge on any atom is -0.265 e. The Hall–Kier alpha value is -1.70. The minimum absolute atomic E-state index is 1.00. The van der Waals surface area contributed by atoms with Crippen molar-refractivity contribution < 1.29 is 0 Å². The van der Waals surface area contributed by atoms with Gasteiger partial charge in [0.25, 0.3) is 0 Å². The maximum atomic E-state index is 4.42. The van der Waals surface area contributed by atoms with Crippen LogP contribution in [0, 0.1) is 6.92 Å². The Kier molecular flexibility index (Phi) is 2.04. The zero-order valence-electron chi connectivity index (χ0n) is 7.44. The van der Waals surface area contributed by atoms with Crippen LogP contribution in [0.25, 0.3) is 11.3 Å². The molecular formula is C11H10N2. The van der Waals surface area contributed by atoms with Crippen LogP contribution in [-0.4, -0.2) is 9.97 Å². The lowest BCUT2D eigenvalue weighted by atomic mass is 10.2. The normalized spacial score (nSPS) is 9.92. The first kappa shape index (κ1) is 7.92. The van der Waals surface area contributed by atoms with E-state index in [4.69, 9.17) is 0 Å². The van der Waals surface area contributed by atoms with Gasteiger partial charge in [-0.15, -0.1) is 0 Å². The molecule has 0 bridgehead atoms. The fourth-order valence-electron chi connectivity index (χ4n) is 1.23. The number of hydrogen-bond donors (Lipinski definition) is 0. The molecule has 0 N–H and O–H groups in total. The molecule has 0 saturated heterocycles. The maximum absolute atomic E-state index is 4.42. The molecule has 0 saturated carbocycles. The summed E-state index contributed by atoms with van der Waals surface area (Å²) in [6.07, 6.45) is 3.55. The van der Waals surface area contributed by atoms with Crippen LogP contribution in [0.5, 0.6) is 0 Å². The third kappa shape index (κ3) is 1.72. The average molecular weight is 170 g/mol. The van der Waals surface area contributed by atoms with E-state index in [-0.39, 0.29) is 0 Å². The minimum atomic E-state index is 1.00. The highest BCUT2D eigenvalue weighted by Crippen LogP contribution is 2.14. The van der Waals surface area contributed by atoms with Crippen molar-refractivity contribution in [3.63, 3.8) is 0 Å². The highest BCUT2D eigenvalue weighted by atomic mass is 14.7. The molecule has 0 aliphatic rings. The molecule has 64 valence electrons. The van der Waals surface area contributed by atoms with Gasteiger partial charge in [0.05, 0.1) is 5.69 Å². The summed E-state index contributed by atoms with van der Waals surface area (Å²) in [6.45, 7) is 1.99. The Morgan fingerprint density at radius 2 is 1.77 bits per heavy atom. The molecule has 13 heavy (non-hydrogen) atoms. The van der Waals surface area contributed by atoms with Crippen LogP contribution < -0.4 is 0 Å². The Bertz CT molecular complexity index is 396. The molecule has 2 rings (SSSR count). The molecule has 2 heteroatoms. The van der Waals surface area contributed by atoms with Crippen molar-refractivity contribution in [2.24, 2.45) is 0 Å². The van der Waals surface area contributed by atoms with E-state index < -0.39 is 0 Å². The molecule has 2 heterocycles. The first-order valence-corrected chi connectivity index (χ1v) is 4.20. The van der Waals surface area contributed by atoms with E-state index in [1.807, 2.05) is 37.3 Å². The van der Waals surface area contributed by atoms with E-state index >= 15 is 0 Å². The van der Waals surface area contributed by atoms with Gasteiger partial charge in [0.15, 0.2) is 0 Å². The number of pyridine rings is 2. The van der Waals surface area contributed by atoms with Gasteiger partial charge in [0.2, 0.25) is 0 Å². The van der Waals surface area contributed by atoms with Crippen LogP contribution >= 0.6 is 0 Å². The highest BCUT2D eigenvalue weighted by molar-refractivity contribution is 5.57. The van der Waals surface area contributed by atoms with Crippen LogP contribution in [0.2, 0.25) is 0 Å². The molecule has 0 aliphatic carbocycles. The molecule has 0 aliphatic heterocycles. The summed E-state index contributed by atoms with van der Waals surface area (Å²) in [5, 5.41) is 0. The standard InChI is InChI=1S/C11H10N2/c1-9-3-2-4-11(13-9)10-5-7-12-8-6-10/h2-8H,1H3. The predicted octanol–water partition coefficient (Wildman–Crippen LogP) is 2.45. The Balaban J connectivity index is 2.48. The molecule has 0 spiro atoms. The monoisotopic (exact) mass is 170 g/mol. The smallest absolute Gasteiger partial charge is 0.0706 e. The SMILES string of the molecule is Cc1cccc(-c2ccncc2)n1. The van der Waals surface area contributed by atoms with E-state index in [9.17, 15) is 0 Å². The maximum Gasteiger partial charge on any atom is 0.0706 e. The van der Waals surface area contributed by atoms with Gasteiger partial charge in [-0.2, -0.15) is 0 Å². The van der Waals surface area contributed by atoms with Crippen LogP contribution in [0.4, 0.5) is 0 Å². The second kappa shape index (κ2) is 3.35. The van der Waals surface area contributed by atoms with Crippen LogP contribution in [0.1, 0.15) is 5.69 Å². The molecule has 0 fully saturated rings. The summed E-state index contributed by atoms with van der Waals surface area (Å²) in [4.78, 5) is 8.38. The zero-order valence-corrected chi connectivity index (χ0v) is 7.44. The molecule has 0 unspecified atom stereocenters. The fraction of sp³-hybridized carbons (Fsp3) is 0.0909. The number of rotatable bonds is 1. The van der Waals surface area contributed by atoms with Crippen molar-refractivity contribution in [1.29, 1.82) is 0 Å². The van der Waals surface area contributed by atoms with Gasteiger partial charge in [-0.25, -0.2) is 0 Å². The summed E-state index contributed by atoms with van der Waals surface area (Å²) in [5.41, 5.74) is 3.15. The Morgan fingerprint density at radius 3 is 2.46 bits per heavy atom. The van der Waals surface area contributed by atoms with Crippen LogP contribution in [-0.2, 0) is 0 Å². The number of hydrogen-bond acceptors (Lipinski definition) is 2. The van der Waals surface area contributed by atoms with Gasteiger partial charge >= 0.3 is 0 Å². The van der Waals surface area contributed by atoms with Crippen molar-refractivity contribution in [3.05, 3.63) is 48.4 Å². The summed E-state index contributed by atoms with van der Waals surface area (Å²) >= 11 is 0. The Labute approximate surface area is 77.3 Å². The van der Waals surface area contributed by atoms with Crippen LogP contribution in [0.3, 0.4) is 0 Å². The lowest BCUT2D eigenvalue weighted by molar-refractivity contribution is 1.20. The summed E-state index contributed by atoms with van der Waals surface area (Å²) < 4.78 is 0. The molecule has 2 nitrogen and oxygen atoms in total. The second-order valence-electron chi connectivity index (χ2n) is 2.90. The van der Waals surface area contributed by atoms with E-state index in [1.54, 1.807) is 12.4 Å². The van der Waals surface area contributed by atoms with Crippen molar-refractivity contribution in [2.75, 3.05) is 0 Å². The second-order valence-corrected chi connectivity index (χ2v) is 2.90. The van der Waals surface area contributed by atoms with E-state index in [2.05, 4.69) is 9.97 Å². The van der Waals surface area contributed by atoms with Gasteiger partial charge in [-0.1, -0.05) is 6.07 Å². The van der Waals surface area contributed by atoms with E-state index in [0.29, 0.717) is 0 Å². The lowest BCUT2D eigenvalue weighted by Gasteiger charge is -2.00. The van der Waals surface area contributed by atoms with Gasteiger partial charge in [-0.3, -0.25) is 9.97 Å². The Morgan fingerprint density at radius 1 is 1.00 bits per heavy atom. The molecular weight excluding hydrogens is 160 g/mol. The molecule has 2 aromatic rings. The van der Waals surface area contributed by atoms with Gasteiger partial charge in [-0.05, 0) is 31.2 Å². The van der Waals surface area contributed by atoms with Crippen molar-refractivity contribution >= 4 is 0 Å². The zero-order chi connectivity index (χ0) is 9.10. The average Bonchev–Trinajstić information content (AvgIpc) is 2.19. The molecule has 0 atom stereocenters. The van der Waals surface area contributed by atoms with E-state index in [0.717, 1.165) is 17.0 Å². The lowest BCUT2D eigenvalue weighted by Crippen LogP contribution is -1.85. The summed E-state index contributed by atoms with van der Waals surface area (Å²) in [6, 6.07) is 9.93. The summed E-state index contributed by atoms with van der Waals surface area (Å²) in [7, 11) is 0. The van der Waals surface area contributed by atoms with Crippen molar-refractivity contribution in [1.82, 2.24) is 9.97 Å². The topological polar surface area (TPSA) is 25.8 Å². The van der Waals surface area contributed by atoms with Crippen molar-refractivity contribution in [2.45, 2.75) is 6.92 Å². The number of nitrogens with zero attached hydrogens (tertiary/aromatic N) is 2. The summed E-state index contributed by atoms with van der Waals surface area (Å²) in [5.74, 6) is 0. The van der Waals surface area contributed by atoms with Gasteiger partial charge < -0.3 is 0 Å². The third-order valence-electron chi connectivity index (χ3n) is 1.86. The number of aromatic nitrogens is 2. The first-order chi connectivity index (χ1) is 6.36. The molecule has 0 radical (unpaired) electrons. The molecule has 0 aromatic carbocycles. The van der Waals surface area contributed by atoms with Gasteiger partial charge in [0, 0.05) is 23.7 Å². The number of aryl methyl sites for hydroxylation is 1.